The van der Waals surface area contributed by atoms with Gasteiger partial charge in [-0.1, -0.05) is 34.6 Å². The number of hydrogen-bond donors (Lipinski definition) is 0. The largest absolute Gasteiger partial charge is 0.0623 e. The van der Waals surface area contributed by atoms with E-state index in [0.29, 0.717) is 5.41 Å². The minimum Gasteiger partial charge on any atom is -0.0623 e. The topological polar surface area (TPSA) is 0 Å². The highest BCUT2D eigenvalue weighted by Crippen LogP contribution is 2.59. The van der Waals surface area contributed by atoms with Gasteiger partial charge in [0.25, 0.3) is 0 Å². The average Bonchev–Trinajstić information content (AvgIpc) is 2.20. The highest BCUT2D eigenvalue weighted by molar-refractivity contribution is 5.01. The third-order valence-electron chi connectivity index (χ3n) is 5.70. The van der Waals surface area contributed by atoms with Crippen LogP contribution < -0.4 is 0 Å². The molecule has 14 heavy (non-hydrogen) atoms. The van der Waals surface area contributed by atoms with Gasteiger partial charge < -0.3 is 0 Å². The van der Waals surface area contributed by atoms with Crippen LogP contribution in [0.25, 0.3) is 0 Å². The highest BCUT2D eigenvalue weighted by atomic mass is 14.6. The molecular formula is C14H26. The van der Waals surface area contributed by atoms with Crippen LogP contribution in [0.3, 0.4) is 0 Å². The lowest BCUT2D eigenvalue weighted by molar-refractivity contribution is 0.0488. The van der Waals surface area contributed by atoms with Crippen LogP contribution in [0.2, 0.25) is 0 Å². The zero-order valence-corrected chi connectivity index (χ0v) is 10.5. The predicted octanol–water partition coefficient (Wildman–Crippen LogP) is 4.35. The first-order valence-corrected chi connectivity index (χ1v) is 6.44. The first-order valence-electron chi connectivity index (χ1n) is 6.44. The van der Waals surface area contributed by atoms with Gasteiger partial charge in [0, 0.05) is 0 Å². The van der Waals surface area contributed by atoms with E-state index < -0.39 is 0 Å². The van der Waals surface area contributed by atoms with Crippen LogP contribution in [0.5, 0.6) is 0 Å². The molecule has 0 bridgehead atoms. The summed E-state index contributed by atoms with van der Waals surface area (Å²) in [5.41, 5.74) is 0.564. The van der Waals surface area contributed by atoms with Crippen LogP contribution in [0.4, 0.5) is 0 Å². The van der Waals surface area contributed by atoms with E-state index >= 15 is 0 Å². The van der Waals surface area contributed by atoms with Gasteiger partial charge in [-0.3, -0.25) is 0 Å². The number of hydrogen-bond acceptors (Lipinski definition) is 0. The predicted molar refractivity (Wildman–Crippen MR) is 62.1 cm³/mol. The summed E-state index contributed by atoms with van der Waals surface area (Å²) in [6, 6.07) is 0. The summed E-state index contributed by atoms with van der Waals surface area (Å²) in [6.07, 6.45) is 4.55. The quantitative estimate of drug-likeness (QED) is 0.613. The van der Waals surface area contributed by atoms with Crippen LogP contribution in [-0.4, -0.2) is 0 Å². The molecule has 0 aromatic rings. The van der Waals surface area contributed by atoms with E-state index in [-0.39, 0.29) is 0 Å². The number of fused-ring (bicyclic) bond motifs is 1. The van der Waals surface area contributed by atoms with Crippen LogP contribution in [0.15, 0.2) is 0 Å². The van der Waals surface area contributed by atoms with Crippen LogP contribution in [0.1, 0.15) is 53.9 Å². The van der Waals surface area contributed by atoms with Crippen LogP contribution >= 0.6 is 0 Å². The van der Waals surface area contributed by atoms with Gasteiger partial charge in [-0.2, -0.15) is 0 Å². The van der Waals surface area contributed by atoms with E-state index in [4.69, 9.17) is 0 Å². The average molecular weight is 194 g/mol. The minimum absolute atomic E-state index is 0.564. The molecule has 0 aliphatic heterocycles. The van der Waals surface area contributed by atoms with Crippen molar-refractivity contribution in [3.05, 3.63) is 0 Å². The zero-order chi connectivity index (χ0) is 10.5. The molecule has 0 radical (unpaired) electrons. The van der Waals surface area contributed by atoms with Crippen molar-refractivity contribution in [1.82, 2.24) is 0 Å². The fourth-order valence-corrected chi connectivity index (χ4v) is 3.79. The monoisotopic (exact) mass is 194 g/mol. The first-order chi connectivity index (χ1) is 6.44. The molecule has 0 nitrogen and oxygen atoms in total. The number of rotatable bonds is 2. The van der Waals surface area contributed by atoms with Gasteiger partial charge in [0.2, 0.25) is 0 Å². The summed E-state index contributed by atoms with van der Waals surface area (Å²) >= 11 is 0. The van der Waals surface area contributed by atoms with Gasteiger partial charge in [-0.15, -0.1) is 0 Å². The Morgan fingerprint density at radius 2 is 1.64 bits per heavy atom. The molecule has 0 aromatic carbocycles. The molecule has 0 aromatic heterocycles. The molecule has 2 fully saturated rings. The van der Waals surface area contributed by atoms with Crippen molar-refractivity contribution in [2.45, 2.75) is 53.9 Å². The van der Waals surface area contributed by atoms with Crippen molar-refractivity contribution in [3.8, 4) is 0 Å². The smallest absolute Gasteiger partial charge is 0.0300 e. The van der Waals surface area contributed by atoms with Crippen molar-refractivity contribution in [2.24, 2.45) is 35.0 Å². The van der Waals surface area contributed by atoms with Crippen molar-refractivity contribution in [3.63, 3.8) is 0 Å². The Hall–Kier alpha value is 0. The summed E-state index contributed by atoms with van der Waals surface area (Å²) in [4.78, 5) is 0. The third kappa shape index (κ3) is 1.33. The van der Waals surface area contributed by atoms with E-state index in [1.54, 1.807) is 0 Å². The van der Waals surface area contributed by atoms with E-state index in [9.17, 15) is 0 Å². The molecular weight excluding hydrogens is 168 g/mol. The van der Waals surface area contributed by atoms with E-state index in [1.165, 1.54) is 19.3 Å². The molecule has 0 N–H and O–H groups in total. The Bertz CT molecular complexity index is 214. The second-order valence-corrected chi connectivity index (χ2v) is 6.70. The first kappa shape index (κ1) is 10.5. The molecule has 0 spiro atoms. The lowest BCUT2D eigenvalue weighted by Crippen LogP contribution is -2.37. The Kier molecular flexibility index (Phi) is 2.44. The van der Waals surface area contributed by atoms with Crippen molar-refractivity contribution >= 4 is 0 Å². The molecule has 0 amide bonds. The Labute approximate surface area is 89.5 Å². The summed E-state index contributed by atoms with van der Waals surface area (Å²) in [6.45, 7) is 12.3. The lowest BCUT2D eigenvalue weighted by Gasteiger charge is -2.44. The molecule has 0 heteroatoms. The van der Waals surface area contributed by atoms with Gasteiger partial charge >= 0.3 is 0 Å². The fourth-order valence-electron chi connectivity index (χ4n) is 3.79. The van der Waals surface area contributed by atoms with Gasteiger partial charge in [-0.05, 0) is 54.3 Å². The molecule has 2 aliphatic rings. The van der Waals surface area contributed by atoms with Crippen LogP contribution in [-0.2, 0) is 0 Å². The van der Waals surface area contributed by atoms with E-state index in [2.05, 4.69) is 34.6 Å². The summed E-state index contributed by atoms with van der Waals surface area (Å²) in [5.74, 6) is 5.03. The van der Waals surface area contributed by atoms with E-state index in [0.717, 1.165) is 29.6 Å². The van der Waals surface area contributed by atoms with Gasteiger partial charge in [0.05, 0.1) is 0 Å². The highest BCUT2D eigenvalue weighted by Gasteiger charge is 2.51. The molecule has 2 saturated carbocycles. The molecule has 4 atom stereocenters. The second-order valence-electron chi connectivity index (χ2n) is 6.70. The van der Waals surface area contributed by atoms with Crippen molar-refractivity contribution < 1.29 is 0 Å². The van der Waals surface area contributed by atoms with Gasteiger partial charge in [0.15, 0.2) is 0 Å². The lowest BCUT2D eigenvalue weighted by atomic mass is 9.61. The molecule has 4 unspecified atom stereocenters. The Morgan fingerprint density at radius 3 is 2.00 bits per heavy atom. The maximum absolute atomic E-state index is 2.50. The molecule has 82 valence electrons. The summed E-state index contributed by atoms with van der Waals surface area (Å²) in [7, 11) is 0. The molecule has 2 aliphatic carbocycles. The second kappa shape index (κ2) is 3.25. The van der Waals surface area contributed by atoms with E-state index in [1.807, 2.05) is 0 Å². The standard InChI is InChI=1S/C14H26/c1-9(2)14(4,5)13-8-10(3)11-6-7-12(11)13/h9-13H,6-8H2,1-5H3. The maximum Gasteiger partial charge on any atom is -0.0300 e. The fraction of sp³-hybridized carbons (Fsp3) is 1.00. The summed E-state index contributed by atoms with van der Waals surface area (Å²) < 4.78 is 0. The SMILES string of the molecule is CC1CC(C(C)(C)C(C)C)C2CCC12. The van der Waals surface area contributed by atoms with Crippen molar-refractivity contribution in [1.29, 1.82) is 0 Å². The van der Waals surface area contributed by atoms with Crippen molar-refractivity contribution in [2.75, 3.05) is 0 Å². The Morgan fingerprint density at radius 1 is 1.07 bits per heavy atom. The van der Waals surface area contributed by atoms with Gasteiger partial charge in [0.1, 0.15) is 0 Å². The maximum atomic E-state index is 2.50. The Balaban J connectivity index is 2.12. The minimum atomic E-state index is 0.564. The third-order valence-corrected chi connectivity index (χ3v) is 5.70. The summed E-state index contributed by atoms with van der Waals surface area (Å²) in [5, 5.41) is 0. The normalized spacial score (nSPS) is 42.4. The molecule has 2 rings (SSSR count). The van der Waals surface area contributed by atoms with Crippen LogP contribution in [0, 0.1) is 35.0 Å². The molecule has 0 saturated heterocycles. The van der Waals surface area contributed by atoms with Gasteiger partial charge in [-0.25, -0.2) is 0 Å². The molecule has 0 heterocycles. The zero-order valence-electron chi connectivity index (χ0n) is 10.5.